The predicted molar refractivity (Wildman–Crippen MR) is 163 cm³/mol. The van der Waals surface area contributed by atoms with Crippen molar-refractivity contribution in [2.75, 3.05) is 0 Å². The van der Waals surface area contributed by atoms with Crippen molar-refractivity contribution in [3.63, 3.8) is 0 Å². The quantitative estimate of drug-likeness (QED) is 0.240. The van der Waals surface area contributed by atoms with Gasteiger partial charge in [-0.1, -0.05) is 38.1 Å². The molecule has 43 heavy (non-hydrogen) atoms. The van der Waals surface area contributed by atoms with Crippen LogP contribution in [0.25, 0.3) is 21.0 Å². The van der Waals surface area contributed by atoms with Crippen LogP contribution in [0.4, 0.5) is 9.18 Å². The van der Waals surface area contributed by atoms with E-state index < -0.39 is 24.1 Å². The summed E-state index contributed by atoms with van der Waals surface area (Å²) in [5.41, 5.74) is 0.131. The van der Waals surface area contributed by atoms with Crippen molar-refractivity contribution in [3.05, 3.63) is 92.6 Å². The number of hydrogen-bond donors (Lipinski definition) is 3. The Morgan fingerprint density at radius 3 is 1.95 bits per heavy atom. The van der Waals surface area contributed by atoms with Crippen LogP contribution in [0, 0.1) is 43.5 Å². The first-order valence-corrected chi connectivity index (χ1v) is 15.1. The fourth-order valence-corrected chi connectivity index (χ4v) is 7.14. The van der Waals surface area contributed by atoms with Crippen LogP contribution in [0.2, 0.25) is 0 Å². The van der Waals surface area contributed by atoms with E-state index in [0.29, 0.717) is 26.0 Å². The molecule has 5 rings (SSSR count). The topological polar surface area (TPSA) is 173 Å². The lowest BCUT2D eigenvalue weighted by molar-refractivity contribution is -0.124. The van der Waals surface area contributed by atoms with Crippen molar-refractivity contribution in [1.29, 1.82) is 10.5 Å². The zero-order valence-electron chi connectivity index (χ0n) is 22.8. The highest BCUT2D eigenvalue weighted by molar-refractivity contribution is 7.18. The molecule has 3 N–H and O–H groups in total. The van der Waals surface area contributed by atoms with Crippen molar-refractivity contribution in [3.8, 4) is 12.1 Å². The Morgan fingerprint density at radius 2 is 1.47 bits per heavy atom. The summed E-state index contributed by atoms with van der Waals surface area (Å²) < 4.78 is 14.4. The minimum absolute atomic E-state index is 0.164. The van der Waals surface area contributed by atoms with Crippen LogP contribution < -0.4 is 21.5 Å². The molecule has 1 aliphatic heterocycles. The number of benzene rings is 2. The molecule has 2 amide bonds. The molecule has 0 bridgehead atoms. The van der Waals surface area contributed by atoms with Gasteiger partial charge in [-0.25, -0.2) is 14.2 Å². The molecule has 0 saturated carbocycles. The second-order valence-electron chi connectivity index (χ2n) is 9.51. The van der Waals surface area contributed by atoms with Gasteiger partial charge in [-0.05, 0) is 31.0 Å². The molecule has 2 atom stereocenters. The Hall–Kier alpha value is -4.76. The summed E-state index contributed by atoms with van der Waals surface area (Å²) in [7, 11) is 0. The van der Waals surface area contributed by atoms with Crippen LogP contribution in [0.15, 0.2) is 52.1 Å². The lowest BCUT2D eigenvalue weighted by Crippen LogP contribution is -2.49. The van der Waals surface area contributed by atoms with Crippen LogP contribution in [0.3, 0.4) is 0 Å². The largest absolute Gasteiger partial charge is 0.465 e. The van der Waals surface area contributed by atoms with E-state index in [1.807, 2.05) is 12.1 Å². The molecule has 2 aliphatic rings. The Kier molecular flexibility index (Phi) is 9.46. The average Bonchev–Trinajstić information content (AvgIpc) is 3.41. The average molecular weight is 636 g/mol. The second kappa shape index (κ2) is 13.0. The minimum atomic E-state index is -1.25. The Morgan fingerprint density at radius 1 is 0.907 bits per heavy atom. The number of carboxylic acid groups (broad SMARTS) is 1. The maximum Gasteiger partial charge on any atom is 0.405 e. The van der Waals surface area contributed by atoms with Crippen LogP contribution >= 0.6 is 34.0 Å². The highest BCUT2D eigenvalue weighted by atomic mass is 32.1. The van der Waals surface area contributed by atoms with Crippen LogP contribution in [0.1, 0.15) is 41.6 Å². The first kappa shape index (κ1) is 31.2. The molecule has 218 valence electrons. The number of hydrogen-bond acceptors (Lipinski definition) is 10. The molecule has 0 fully saturated rings. The van der Waals surface area contributed by atoms with Gasteiger partial charge in [0.25, 0.3) is 0 Å². The number of nitriles is 2. The summed E-state index contributed by atoms with van der Waals surface area (Å²) in [4.78, 5) is 52.5. The number of halogens is 1. The van der Waals surface area contributed by atoms with Crippen LogP contribution in [0.5, 0.6) is 0 Å². The molecule has 0 saturated heterocycles. The summed E-state index contributed by atoms with van der Waals surface area (Å²) in [6.45, 7) is 5.26. The van der Waals surface area contributed by atoms with E-state index >= 15 is 0 Å². The van der Waals surface area contributed by atoms with Gasteiger partial charge in [-0.2, -0.15) is 10.5 Å². The molecular formula is C29H22FN5O5S3. The molecule has 1 aliphatic carbocycles. The molecule has 0 unspecified atom stereocenters. The Bertz CT molecular complexity index is 2060. The van der Waals surface area contributed by atoms with E-state index in [1.165, 1.54) is 23.5 Å². The number of fused-ring (bicyclic) bond motifs is 2. The molecule has 14 heteroatoms. The Balaban J connectivity index is 0.000000198. The summed E-state index contributed by atoms with van der Waals surface area (Å²) >= 11 is 3.11. The predicted octanol–water partition coefficient (Wildman–Crippen LogP) is 5.06. The highest BCUT2D eigenvalue weighted by Crippen LogP contribution is 2.27. The summed E-state index contributed by atoms with van der Waals surface area (Å²) in [5.74, 6) is -0.946. The van der Waals surface area contributed by atoms with Crippen molar-refractivity contribution < 1.29 is 19.1 Å². The standard InChI is InChI=1S/C15H18FN3O3S.C14H4N2O2S2/c1-7(2)12(19-15(21)22)13(20)17-8(3)14-18-10-5-4-9(16)6-11(10)23-14;15-5-9-10(6-16)20-14-12(18)8-4-2-1-3-7(8)11(17)13(14)19-9/h4-8,12,19H,1-3H3,(H,17,20)(H,21,22);1-4H/t8-,12-;/m0./s1. The van der Waals surface area contributed by atoms with E-state index in [0.717, 1.165) is 22.7 Å². The third-order valence-corrected chi connectivity index (χ3v) is 9.82. The molecule has 2 aromatic carbocycles. The number of carbonyl (C=O) groups is 2. The van der Waals surface area contributed by atoms with Crippen molar-refractivity contribution in [2.24, 2.45) is 5.92 Å². The van der Waals surface area contributed by atoms with E-state index in [1.54, 1.807) is 51.1 Å². The van der Waals surface area contributed by atoms with E-state index in [9.17, 15) is 23.6 Å². The molecule has 10 nitrogen and oxygen atoms in total. The monoisotopic (exact) mass is 635 g/mol. The zero-order chi connectivity index (χ0) is 31.4. The first-order chi connectivity index (χ1) is 20.4. The summed E-state index contributed by atoms with van der Waals surface area (Å²) in [6.07, 6.45) is -1.25. The maximum absolute atomic E-state index is 13.2. The fourth-order valence-electron chi connectivity index (χ4n) is 4.09. The fraction of sp³-hybridized carbons (Fsp3) is 0.207. The summed E-state index contributed by atoms with van der Waals surface area (Å²) in [6, 6.07) is 13.4. The van der Waals surface area contributed by atoms with Gasteiger partial charge in [0.2, 0.25) is 16.8 Å². The van der Waals surface area contributed by atoms with Crippen molar-refractivity contribution >= 4 is 67.0 Å². The number of carbonyl (C=O) groups excluding carboxylic acids is 1. The van der Waals surface area contributed by atoms with E-state index in [2.05, 4.69) is 15.6 Å². The molecular weight excluding hydrogens is 614 g/mol. The molecule has 0 radical (unpaired) electrons. The highest BCUT2D eigenvalue weighted by Gasteiger charge is 2.26. The van der Waals surface area contributed by atoms with Crippen molar-refractivity contribution in [2.45, 2.75) is 32.9 Å². The molecule has 0 spiro atoms. The number of aromatic nitrogens is 1. The van der Waals surface area contributed by atoms with Gasteiger partial charge in [-0.3, -0.25) is 14.4 Å². The van der Waals surface area contributed by atoms with Gasteiger partial charge in [-0.15, -0.1) is 34.0 Å². The van der Waals surface area contributed by atoms with E-state index in [-0.39, 0.29) is 41.4 Å². The normalized spacial score (nSPS) is 12.2. The lowest BCUT2D eigenvalue weighted by Gasteiger charge is -2.22. The number of rotatable bonds is 5. The smallest absolute Gasteiger partial charge is 0.405 e. The lowest BCUT2D eigenvalue weighted by atomic mass is 10.0. The van der Waals surface area contributed by atoms with Gasteiger partial charge < -0.3 is 15.7 Å². The number of nitrogens with one attached hydrogen (secondary N) is 2. The van der Waals surface area contributed by atoms with Gasteiger partial charge in [0, 0.05) is 10.8 Å². The summed E-state index contributed by atoms with van der Waals surface area (Å²) in [5, 5.41) is 33.1. The molecule has 1 aromatic heterocycles. The first-order valence-electron chi connectivity index (χ1n) is 12.6. The Labute approximate surface area is 255 Å². The third-order valence-electron chi connectivity index (χ3n) is 6.18. The number of nitrogens with zero attached hydrogens (tertiary/aromatic N) is 3. The molecule has 2 heterocycles. The van der Waals surface area contributed by atoms with Crippen molar-refractivity contribution in [1.82, 2.24) is 15.6 Å². The van der Waals surface area contributed by atoms with E-state index in [4.69, 9.17) is 15.6 Å². The molecule has 3 aromatic rings. The van der Waals surface area contributed by atoms with Gasteiger partial charge in [0.1, 0.15) is 38.8 Å². The van der Waals surface area contributed by atoms with Gasteiger partial charge in [0.05, 0.1) is 25.3 Å². The van der Waals surface area contributed by atoms with Gasteiger partial charge in [0.15, 0.2) is 0 Å². The number of thiazole rings is 1. The van der Waals surface area contributed by atoms with Gasteiger partial charge >= 0.3 is 6.09 Å². The third kappa shape index (κ3) is 6.67. The maximum atomic E-state index is 13.2. The second-order valence-corrected chi connectivity index (χ2v) is 12.6. The zero-order valence-corrected chi connectivity index (χ0v) is 25.2. The van der Waals surface area contributed by atoms with Crippen LogP contribution in [-0.2, 0) is 4.79 Å². The number of amides is 2. The SMILES string of the molecule is CC(C)[C@H](NC(=O)O)C(=O)N[C@@H](C)c1nc2ccc(F)cc2s1.N#Cc1sc2c(=O)c3ccccc3c(=O)c=2sc1C#N. The minimum Gasteiger partial charge on any atom is -0.465 e. The van der Waals surface area contributed by atoms with Crippen LogP contribution in [-0.4, -0.2) is 28.1 Å².